The van der Waals surface area contributed by atoms with Gasteiger partial charge in [-0.25, -0.2) is 0 Å². The average molecular weight is 637 g/mol. The van der Waals surface area contributed by atoms with E-state index in [2.05, 4.69) is 33.1 Å². The second-order valence-corrected chi connectivity index (χ2v) is 11.5. The van der Waals surface area contributed by atoms with Gasteiger partial charge in [0.05, 0.1) is 6.61 Å². The quantitative estimate of drug-likeness (QED) is 0.112. The number of aromatic amines is 1. The standard InChI is InChI=1S/C39H32N4O5/c1-24(44)47-18-17-31-29-12-6-7-13-30(29)33(40-23-25-9-3-2-4-10-25)22-34(31)43-38(45)35-20-27-19-28(15-16-32(27)42-35)41-39(46)37-21-26-11-5-8-14-36(26)48-37/h2-16,19-22,40,42H,17-18,23H2,1H3,(H,41,46)(H,43,45). The Morgan fingerprint density at radius 2 is 1.50 bits per heavy atom. The number of rotatable bonds is 10. The summed E-state index contributed by atoms with van der Waals surface area (Å²) < 4.78 is 11.0. The van der Waals surface area contributed by atoms with Crippen LogP contribution in [0.3, 0.4) is 0 Å². The molecule has 0 saturated heterocycles. The van der Waals surface area contributed by atoms with Crippen LogP contribution in [0, 0.1) is 0 Å². The first-order chi connectivity index (χ1) is 23.4. The summed E-state index contributed by atoms with van der Waals surface area (Å²) in [5.41, 5.74) is 5.75. The number of carbonyl (C=O) groups excluding carboxylic acids is 3. The van der Waals surface area contributed by atoms with Crippen molar-refractivity contribution in [3.8, 4) is 0 Å². The highest BCUT2D eigenvalue weighted by atomic mass is 16.5. The molecule has 0 saturated carbocycles. The van der Waals surface area contributed by atoms with Gasteiger partial charge < -0.3 is 30.1 Å². The minimum absolute atomic E-state index is 0.175. The predicted octanol–water partition coefficient (Wildman–Crippen LogP) is 8.29. The zero-order chi connectivity index (χ0) is 33.0. The van der Waals surface area contributed by atoms with E-state index < -0.39 is 0 Å². The number of nitrogens with one attached hydrogen (secondary N) is 4. The number of anilines is 3. The maximum atomic E-state index is 13.7. The van der Waals surface area contributed by atoms with Gasteiger partial charge in [-0.1, -0.05) is 72.8 Å². The van der Waals surface area contributed by atoms with Gasteiger partial charge in [-0.2, -0.15) is 0 Å². The molecule has 0 bridgehead atoms. The molecule has 9 heteroatoms. The summed E-state index contributed by atoms with van der Waals surface area (Å²) in [6.07, 6.45) is 0.412. The zero-order valence-electron chi connectivity index (χ0n) is 26.1. The molecule has 4 N–H and O–H groups in total. The second-order valence-electron chi connectivity index (χ2n) is 11.5. The minimum atomic E-state index is -0.367. The summed E-state index contributed by atoms with van der Waals surface area (Å²) in [6, 6.07) is 36.2. The van der Waals surface area contributed by atoms with Crippen LogP contribution < -0.4 is 16.0 Å². The molecule has 0 spiro atoms. The Hall–Kier alpha value is -6.35. The number of hydrogen-bond donors (Lipinski definition) is 4. The molecular weight excluding hydrogens is 604 g/mol. The summed E-state index contributed by atoms with van der Waals surface area (Å²) in [6.45, 7) is 2.15. The number of amides is 2. The van der Waals surface area contributed by atoms with E-state index in [9.17, 15) is 14.4 Å². The van der Waals surface area contributed by atoms with Gasteiger partial charge in [0.25, 0.3) is 11.8 Å². The van der Waals surface area contributed by atoms with Crippen molar-refractivity contribution in [2.75, 3.05) is 22.6 Å². The van der Waals surface area contributed by atoms with Crippen molar-refractivity contribution in [2.24, 2.45) is 0 Å². The smallest absolute Gasteiger partial charge is 0.302 e. The molecule has 2 heterocycles. The normalized spacial score (nSPS) is 11.1. The maximum absolute atomic E-state index is 13.7. The van der Waals surface area contributed by atoms with E-state index in [4.69, 9.17) is 9.15 Å². The number of aromatic nitrogens is 1. The van der Waals surface area contributed by atoms with Crippen molar-refractivity contribution >= 4 is 67.5 Å². The number of fused-ring (bicyclic) bond motifs is 3. The average Bonchev–Trinajstić information content (AvgIpc) is 3.73. The number of esters is 1. The van der Waals surface area contributed by atoms with Crippen LogP contribution in [0.15, 0.2) is 120 Å². The third kappa shape index (κ3) is 6.47. The predicted molar refractivity (Wildman–Crippen MR) is 188 cm³/mol. The highest BCUT2D eigenvalue weighted by Gasteiger charge is 2.18. The lowest BCUT2D eigenvalue weighted by atomic mass is 9.98. The topological polar surface area (TPSA) is 125 Å². The molecule has 9 nitrogen and oxygen atoms in total. The van der Waals surface area contributed by atoms with Crippen molar-refractivity contribution in [3.63, 3.8) is 0 Å². The first-order valence-corrected chi connectivity index (χ1v) is 15.6. The summed E-state index contributed by atoms with van der Waals surface area (Å²) in [5.74, 6) is -0.856. The van der Waals surface area contributed by atoms with Crippen LogP contribution in [0.5, 0.6) is 0 Å². The first-order valence-electron chi connectivity index (χ1n) is 15.6. The molecule has 238 valence electrons. The highest BCUT2D eigenvalue weighted by molar-refractivity contribution is 6.10. The van der Waals surface area contributed by atoms with E-state index in [0.717, 1.165) is 43.9 Å². The van der Waals surface area contributed by atoms with E-state index >= 15 is 0 Å². The molecule has 48 heavy (non-hydrogen) atoms. The molecule has 0 aliphatic heterocycles. The van der Waals surface area contributed by atoms with E-state index in [-0.39, 0.29) is 30.2 Å². The summed E-state index contributed by atoms with van der Waals surface area (Å²) in [5, 5.41) is 13.1. The Morgan fingerprint density at radius 3 is 2.31 bits per heavy atom. The summed E-state index contributed by atoms with van der Waals surface area (Å²) in [7, 11) is 0. The monoisotopic (exact) mass is 636 g/mol. The Balaban J connectivity index is 1.16. The molecule has 0 aliphatic carbocycles. The SMILES string of the molecule is CC(=O)OCCc1c(NC(=O)c2cc3cc(NC(=O)c4cc5ccccc5o4)ccc3[nH]2)cc(NCc2ccccc2)c2ccccc12. The number of ether oxygens (including phenoxy) is 1. The van der Waals surface area contributed by atoms with E-state index in [0.29, 0.717) is 35.6 Å². The fourth-order valence-corrected chi connectivity index (χ4v) is 5.86. The lowest BCUT2D eigenvalue weighted by molar-refractivity contribution is -0.140. The zero-order valence-corrected chi connectivity index (χ0v) is 26.1. The summed E-state index contributed by atoms with van der Waals surface area (Å²) >= 11 is 0. The van der Waals surface area contributed by atoms with Crippen LogP contribution >= 0.6 is 0 Å². The Kier molecular flexibility index (Phi) is 8.32. The molecule has 0 radical (unpaired) electrons. The van der Waals surface area contributed by atoms with Crippen LogP contribution in [0.4, 0.5) is 17.1 Å². The van der Waals surface area contributed by atoms with Gasteiger partial charge in [0, 0.05) is 58.6 Å². The number of H-pyrrole nitrogens is 1. The van der Waals surface area contributed by atoms with Gasteiger partial charge in [0.1, 0.15) is 11.3 Å². The van der Waals surface area contributed by atoms with Crippen molar-refractivity contribution in [1.29, 1.82) is 0 Å². The van der Waals surface area contributed by atoms with Crippen molar-refractivity contribution in [1.82, 2.24) is 4.98 Å². The van der Waals surface area contributed by atoms with Gasteiger partial charge in [0.2, 0.25) is 0 Å². The maximum Gasteiger partial charge on any atom is 0.302 e. The van der Waals surface area contributed by atoms with Gasteiger partial charge in [-0.15, -0.1) is 0 Å². The molecule has 2 aromatic heterocycles. The van der Waals surface area contributed by atoms with E-state index in [1.165, 1.54) is 6.92 Å². The molecule has 7 rings (SSSR count). The highest BCUT2D eigenvalue weighted by Crippen LogP contribution is 2.34. The third-order valence-electron chi connectivity index (χ3n) is 8.16. The minimum Gasteiger partial charge on any atom is -0.466 e. The van der Waals surface area contributed by atoms with Gasteiger partial charge >= 0.3 is 5.97 Å². The van der Waals surface area contributed by atoms with Crippen LogP contribution in [-0.2, 0) is 22.5 Å². The lowest BCUT2D eigenvalue weighted by Gasteiger charge is -2.18. The summed E-state index contributed by atoms with van der Waals surface area (Å²) in [4.78, 5) is 41.4. The number of furan rings is 1. The van der Waals surface area contributed by atoms with Crippen molar-refractivity contribution < 1.29 is 23.5 Å². The van der Waals surface area contributed by atoms with Crippen molar-refractivity contribution in [2.45, 2.75) is 19.9 Å². The van der Waals surface area contributed by atoms with Gasteiger partial charge in [0.15, 0.2) is 5.76 Å². The number of hydrogen-bond acceptors (Lipinski definition) is 6. The van der Waals surface area contributed by atoms with Crippen LogP contribution in [-0.4, -0.2) is 29.4 Å². The molecule has 0 aliphatic rings. The van der Waals surface area contributed by atoms with Crippen LogP contribution in [0.1, 0.15) is 39.1 Å². The number of carbonyl (C=O) groups is 3. The van der Waals surface area contributed by atoms with Crippen molar-refractivity contribution in [3.05, 3.63) is 138 Å². The first kappa shape index (κ1) is 30.3. The fourth-order valence-electron chi connectivity index (χ4n) is 5.86. The molecule has 5 aromatic carbocycles. The lowest BCUT2D eigenvalue weighted by Crippen LogP contribution is -2.15. The fraction of sp³-hybridized carbons (Fsp3) is 0.103. The number of para-hydroxylation sites is 1. The molecular formula is C39H32N4O5. The molecule has 0 unspecified atom stereocenters. The van der Waals surface area contributed by atoms with Gasteiger partial charge in [-0.3, -0.25) is 14.4 Å². The molecule has 7 aromatic rings. The molecule has 0 atom stereocenters. The van der Waals surface area contributed by atoms with E-state index in [1.54, 1.807) is 24.3 Å². The Morgan fingerprint density at radius 1 is 0.729 bits per heavy atom. The number of benzene rings is 5. The van der Waals surface area contributed by atoms with Crippen LogP contribution in [0.25, 0.3) is 32.6 Å². The van der Waals surface area contributed by atoms with Gasteiger partial charge in [-0.05, 0) is 59.0 Å². The third-order valence-corrected chi connectivity index (χ3v) is 8.16. The van der Waals surface area contributed by atoms with E-state index in [1.807, 2.05) is 78.9 Å². The molecule has 2 amide bonds. The largest absolute Gasteiger partial charge is 0.466 e. The Bertz CT molecular complexity index is 2270. The second kappa shape index (κ2) is 13.2. The molecule has 0 fully saturated rings. The van der Waals surface area contributed by atoms with Crippen LogP contribution in [0.2, 0.25) is 0 Å². The Labute approximate surface area is 275 Å².